The molecule has 2 aliphatic heterocycles. The van der Waals surface area contributed by atoms with Gasteiger partial charge in [0.05, 0.1) is 56.5 Å². The van der Waals surface area contributed by atoms with Gasteiger partial charge in [-0.2, -0.15) is 0 Å². The fourth-order valence-corrected chi connectivity index (χ4v) is 7.23. The highest BCUT2D eigenvalue weighted by Gasteiger charge is 2.27. The molecule has 3 aromatic rings. The smallest absolute Gasteiger partial charge is 0.303 e. The standard InChI is InChI=1S/C38H44N4O8/c1-15-23(9-11-29(47)48)27-14-28-24(10-12-30(49)50)16(2)35(41-28)33(21(7)45)38-32(20(6)44)18(4)36(42-38)34(22(8)46)37-31(19(5)43)17(3)26(40-37)13-25(15)39-27/h13-14,19-20,39,42-46H,9-12H2,1-8H3,(H,47,48)(H,49,50). The van der Waals surface area contributed by atoms with E-state index in [-0.39, 0.29) is 42.4 Å². The molecule has 12 heteroatoms. The Kier molecular flexibility index (Phi) is 9.82. The van der Waals surface area contributed by atoms with E-state index in [2.05, 4.69) is 9.97 Å². The summed E-state index contributed by atoms with van der Waals surface area (Å²) in [4.78, 5) is 40.2. The van der Waals surface area contributed by atoms with Crippen LogP contribution in [0.25, 0.3) is 55.9 Å². The van der Waals surface area contributed by atoms with E-state index in [1.165, 1.54) is 13.8 Å². The van der Waals surface area contributed by atoms with E-state index >= 15 is 0 Å². The van der Waals surface area contributed by atoms with Crippen molar-refractivity contribution in [1.29, 1.82) is 0 Å². The minimum absolute atomic E-state index is 0.0962. The number of allylic oxidation sites excluding steroid dienone is 3. The Morgan fingerprint density at radius 2 is 1.26 bits per heavy atom. The molecule has 0 radical (unpaired) electrons. The summed E-state index contributed by atoms with van der Waals surface area (Å²) in [6.45, 7) is 13.5. The number of carbonyl (C=O) groups is 2. The molecule has 5 rings (SSSR count). The molecule has 8 bridgehead atoms. The zero-order valence-corrected chi connectivity index (χ0v) is 29.5. The van der Waals surface area contributed by atoms with Gasteiger partial charge in [-0.15, -0.1) is 0 Å². The second-order valence-electron chi connectivity index (χ2n) is 13.2. The van der Waals surface area contributed by atoms with Crippen LogP contribution >= 0.6 is 0 Å². The molecular weight excluding hydrogens is 640 g/mol. The van der Waals surface area contributed by atoms with Crippen LogP contribution in [0.3, 0.4) is 0 Å². The van der Waals surface area contributed by atoms with E-state index < -0.39 is 24.1 Å². The summed E-state index contributed by atoms with van der Waals surface area (Å²) in [6, 6.07) is 3.60. The van der Waals surface area contributed by atoms with Gasteiger partial charge >= 0.3 is 11.9 Å². The third-order valence-electron chi connectivity index (χ3n) is 9.65. The van der Waals surface area contributed by atoms with Crippen molar-refractivity contribution in [2.75, 3.05) is 0 Å². The summed E-state index contributed by atoms with van der Waals surface area (Å²) in [6.07, 6.45) is -1.99. The second kappa shape index (κ2) is 13.6. The number of aliphatic hydroxyl groups is 4. The number of hydrogen-bond acceptors (Lipinski definition) is 8. The lowest BCUT2D eigenvalue weighted by molar-refractivity contribution is -0.137. The molecule has 0 fully saturated rings. The van der Waals surface area contributed by atoms with Gasteiger partial charge in [-0.05, 0) is 114 Å². The molecule has 2 unspecified atom stereocenters. The van der Waals surface area contributed by atoms with E-state index in [9.17, 15) is 40.2 Å². The molecule has 264 valence electrons. The number of aryl methyl sites for hydroxylation is 3. The molecule has 2 atom stereocenters. The largest absolute Gasteiger partial charge is 0.512 e. The minimum Gasteiger partial charge on any atom is -0.512 e. The van der Waals surface area contributed by atoms with Crippen molar-refractivity contribution >= 4 is 67.8 Å². The number of fused-ring (bicyclic) bond motifs is 8. The predicted molar refractivity (Wildman–Crippen MR) is 193 cm³/mol. The molecule has 0 amide bonds. The highest BCUT2D eigenvalue weighted by Crippen LogP contribution is 2.36. The predicted octanol–water partition coefficient (Wildman–Crippen LogP) is 5.48. The van der Waals surface area contributed by atoms with Crippen LogP contribution in [0.15, 0.2) is 12.1 Å². The molecule has 2 aliphatic rings. The van der Waals surface area contributed by atoms with Gasteiger partial charge in [0.25, 0.3) is 0 Å². The number of aromatic nitrogens is 4. The molecule has 50 heavy (non-hydrogen) atoms. The fraction of sp³-hybridized carbons (Fsp3) is 0.368. The van der Waals surface area contributed by atoms with Crippen molar-refractivity contribution in [2.24, 2.45) is 0 Å². The van der Waals surface area contributed by atoms with Gasteiger partial charge in [-0.1, -0.05) is 0 Å². The Labute approximate surface area is 288 Å². The van der Waals surface area contributed by atoms with E-state index in [4.69, 9.17) is 9.97 Å². The van der Waals surface area contributed by atoms with Crippen LogP contribution in [0.1, 0.15) is 112 Å². The van der Waals surface area contributed by atoms with E-state index in [1.807, 2.05) is 19.9 Å². The number of aliphatic carboxylic acids is 2. The van der Waals surface area contributed by atoms with Gasteiger partial charge in [-0.25, -0.2) is 9.97 Å². The van der Waals surface area contributed by atoms with Crippen LogP contribution in [0.4, 0.5) is 0 Å². The lowest BCUT2D eigenvalue weighted by atomic mass is 9.98. The molecule has 0 aromatic carbocycles. The molecule has 5 heterocycles. The van der Waals surface area contributed by atoms with Crippen LogP contribution < -0.4 is 10.4 Å². The van der Waals surface area contributed by atoms with Crippen molar-refractivity contribution in [3.05, 3.63) is 67.6 Å². The molecular formula is C38H44N4O8. The van der Waals surface area contributed by atoms with Crippen LogP contribution in [0.5, 0.6) is 0 Å². The monoisotopic (exact) mass is 684 g/mol. The molecule has 0 aliphatic carbocycles. The second-order valence-corrected chi connectivity index (χ2v) is 13.2. The minimum atomic E-state index is -1.04. The molecule has 3 aromatic heterocycles. The Bertz CT molecular complexity index is 2310. The van der Waals surface area contributed by atoms with Gasteiger partial charge in [0.15, 0.2) is 0 Å². The number of rotatable bonds is 8. The first-order valence-electron chi connectivity index (χ1n) is 16.5. The van der Waals surface area contributed by atoms with Crippen molar-refractivity contribution < 1.29 is 40.2 Å². The highest BCUT2D eigenvalue weighted by molar-refractivity contribution is 5.97. The summed E-state index contributed by atoms with van der Waals surface area (Å²) in [5.41, 5.74) is 8.64. The maximum absolute atomic E-state index is 11.8. The molecule has 0 saturated heterocycles. The first kappa shape index (κ1) is 36.1. The van der Waals surface area contributed by atoms with Crippen molar-refractivity contribution in [3.63, 3.8) is 0 Å². The normalized spacial score (nSPS) is 15.7. The quantitative estimate of drug-likeness (QED) is 0.150. The van der Waals surface area contributed by atoms with Gasteiger partial charge in [-0.3, -0.25) is 9.59 Å². The number of H-pyrrole nitrogens is 2. The fourth-order valence-electron chi connectivity index (χ4n) is 7.23. The van der Waals surface area contributed by atoms with Gasteiger partial charge in [0, 0.05) is 35.0 Å². The summed E-state index contributed by atoms with van der Waals surface area (Å²) in [7, 11) is 0. The first-order valence-corrected chi connectivity index (χ1v) is 16.5. The van der Waals surface area contributed by atoms with Crippen LogP contribution in [0, 0.1) is 13.8 Å². The summed E-state index contributed by atoms with van der Waals surface area (Å²) in [5, 5.41) is 64.6. The lowest BCUT2D eigenvalue weighted by Crippen LogP contribution is -2.17. The third kappa shape index (κ3) is 6.32. The number of carboxylic acids is 2. The van der Waals surface area contributed by atoms with E-state index in [0.29, 0.717) is 83.5 Å². The zero-order chi connectivity index (χ0) is 36.9. The maximum Gasteiger partial charge on any atom is 0.303 e. The molecule has 0 saturated carbocycles. The number of carboxylic acid groups (broad SMARTS) is 2. The number of nitrogens with one attached hydrogen (secondary N) is 2. The first-order chi connectivity index (χ1) is 23.4. The summed E-state index contributed by atoms with van der Waals surface area (Å²) < 4.78 is 0. The van der Waals surface area contributed by atoms with Crippen molar-refractivity contribution in [1.82, 2.24) is 19.9 Å². The average Bonchev–Trinajstić information content (AvgIpc) is 3.69. The topological polar surface area (TPSA) is 213 Å². The van der Waals surface area contributed by atoms with Crippen LogP contribution in [0.2, 0.25) is 0 Å². The van der Waals surface area contributed by atoms with E-state index in [0.717, 1.165) is 11.1 Å². The van der Waals surface area contributed by atoms with Gasteiger partial charge in [0.2, 0.25) is 0 Å². The molecule has 12 nitrogen and oxygen atoms in total. The van der Waals surface area contributed by atoms with E-state index in [1.54, 1.807) is 33.8 Å². The molecule has 8 N–H and O–H groups in total. The van der Waals surface area contributed by atoms with Crippen molar-refractivity contribution in [3.8, 4) is 0 Å². The Balaban J connectivity index is 2.17. The summed E-state index contributed by atoms with van der Waals surface area (Å²) >= 11 is 0. The third-order valence-corrected chi connectivity index (χ3v) is 9.65. The number of nitrogens with zero attached hydrogens (tertiary/aromatic N) is 2. The average molecular weight is 685 g/mol. The number of aromatic amines is 2. The maximum atomic E-state index is 11.8. The van der Waals surface area contributed by atoms with Crippen molar-refractivity contribution in [2.45, 2.75) is 93.3 Å². The lowest BCUT2D eigenvalue weighted by Gasteiger charge is -2.09. The van der Waals surface area contributed by atoms with Crippen LogP contribution in [-0.4, -0.2) is 68.6 Å². The Morgan fingerprint density at radius 3 is 1.82 bits per heavy atom. The van der Waals surface area contributed by atoms with Crippen LogP contribution in [-0.2, 0) is 16.0 Å². The van der Waals surface area contributed by atoms with Gasteiger partial charge < -0.3 is 40.6 Å². The highest BCUT2D eigenvalue weighted by atomic mass is 16.4. The number of aliphatic hydroxyl groups excluding tert-OH is 4. The SMILES string of the molecule is CC1=C(C(C)O)c2nc1cc1[nH]c(cc3nc(c(=C(C)O)c4[nH]c(c(C)c4C(C)O)c2=C(C)O)C(C)=C3CCC(=O)O)c(CCC(=O)O)c1C. The Hall–Kier alpha value is -5.20. The summed E-state index contributed by atoms with van der Waals surface area (Å²) in [5.74, 6) is -2.17. The van der Waals surface area contributed by atoms with Gasteiger partial charge in [0.1, 0.15) is 11.5 Å². The number of hydrogen-bond donors (Lipinski definition) is 8. The zero-order valence-electron chi connectivity index (χ0n) is 29.5. The Morgan fingerprint density at radius 1 is 0.700 bits per heavy atom. The molecule has 0 spiro atoms.